The van der Waals surface area contributed by atoms with Crippen molar-refractivity contribution in [2.24, 2.45) is 0 Å². The number of hydrogen-bond donors (Lipinski definition) is 0. The molecule has 0 saturated heterocycles. The number of rotatable bonds is 7. The fourth-order valence-electron chi connectivity index (χ4n) is 2.10. The van der Waals surface area contributed by atoms with Crippen LogP contribution in [0.3, 0.4) is 0 Å². The smallest absolute Gasteiger partial charge is 0.232 e. The Kier molecular flexibility index (Phi) is 5.69. The summed E-state index contributed by atoms with van der Waals surface area (Å²) in [5, 5.41) is 4.10. The zero-order valence-electron chi connectivity index (χ0n) is 13.9. The molecule has 0 unspecified atom stereocenters. The molecule has 0 N–H and O–H groups in total. The maximum absolute atomic E-state index is 5.37. The molecule has 2 rings (SSSR count). The summed E-state index contributed by atoms with van der Waals surface area (Å²) in [6, 6.07) is 10.4. The van der Waals surface area contributed by atoms with Crippen molar-refractivity contribution in [2.45, 2.75) is 39.3 Å². The van der Waals surface area contributed by atoms with E-state index in [1.807, 2.05) is 6.07 Å². The van der Waals surface area contributed by atoms with E-state index in [0.29, 0.717) is 19.0 Å². The van der Waals surface area contributed by atoms with Crippen LogP contribution in [-0.4, -0.2) is 35.3 Å². The standard InChI is InChI=1S/C17H25N3O2/c1-17(2,3)16-18-15(19-22-16)13-20(10-11-21-4)12-14-8-6-5-7-9-14/h5-9H,10-13H2,1-4H3. The van der Waals surface area contributed by atoms with Gasteiger partial charge < -0.3 is 9.26 Å². The summed E-state index contributed by atoms with van der Waals surface area (Å²) in [7, 11) is 1.72. The fraction of sp³-hybridized carbons (Fsp3) is 0.529. The first-order valence-electron chi connectivity index (χ1n) is 7.57. The molecule has 22 heavy (non-hydrogen) atoms. The molecule has 0 fully saturated rings. The Hall–Kier alpha value is -1.72. The zero-order chi connectivity index (χ0) is 16.0. The highest BCUT2D eigenvalue weighted by Gasteiger charge is 2.22. The van der Waals surface area contributed by atoms with E-state index in [4.69, 9.17) is 9.26 Å². The molecule has 0 amide bonds. The van der Waals surface area contributed by atoms with Gasteiger partial charge in [-0.15, -0.1) is 0 Å². The van der Waals surface area contributed by atoms with Gasteiger partial charge in [-0.05, 0) is 5.56 Å². The van der Waals surface area contributed by atoms with Gasteiger partial charge in [-0.3, -0.25) is 4.90 Å². The zero-order valence-corrected chi connectivity index (χ0v) is 13.9. The third-order valence-electron chi connectivity index (χ3n) is 3.34. The monoisotopic (exact) mass is 303 g/mol. The van der Waals surface area contributed by atoms with Gasteiger partial charge in [0, 0.05) is 25.6 Å². The number of aromatic nitrogens is 2. The Morgan fingerprint density at radius 1 is 1.14 bits per heavy atom. The van der Waals surface area contributed by atoms with Crippen LogP contribution in [0.25, 0.3) is 0 Å². The predicted octanol–water partition coefficient (Wildman–Crippen LogP) is 3.02. The maximum Gasteiger partial charge on any atom is 0.232 e. The van der Waals surface area contributed by atoms with E-state index in [1.54, 1.807) is 7.11 Å². The number of nitrogens with zero attached hydrogens (tertiary/aromatic N) is 3. The van der Waals surface area contributed by atoms with Crippen LogP contribution < -0.4 is 0 Å². The van der Waals surface area contributed by atoms with E-state index >= 15 is 0 Å². The minimum atomic E-state index is -0.123. The molecule has 0 aliphatic rings. The van der Waals surface area contributed by atoms with Crippen LogP contribution in [-0.2, 0) is 23.2 Å². The van der Waals surface area contributed by atoms with E-state index < -0.39 is 0 Å². The lowest BCUT2D eigenvalue weighted by atomic mass is 9.97. The topological polar surface area (TPSA) is 51.4 Å². The van der Waals surface area contributed by atoms with E-state index in [1.165, 1.54) is 5.56 Å². The maximum atomic E-state index is 5.37. The number of benzene rings is 1. The van der Waals surface area contributed by atoms with E-state index in [2.05, 4.69) is 60.1 Å². The molecular formula is C17H25N3O2. The summed E-state index contributed by atoms with van der Waals surface area (Å²) in [6.07, 6.45) is 0. The minimum Gasteiger partial charge on any atom is -0.383 e. The van der Waals surface area contributed by atoms with Gasteiger partial charge in [0.2, 0.25) is 5.89 Å². The Balaban J connectivity index is 2.04. The van der Waals surface area contributed by atoms with Gasteiger partial charge >= 0.3 is 0 Å². The molecule has 2 aromatic rings. The van der Waals surface area contributed by atoms with Crippen LogP contribution in [0.2, 0.25) is 0 Å². The van der Waals surface area contributed by atoms with Crippen molar-refractivity contribution in [3.63, 3.8) is 0 Å². The van der Waals surface area contributed by atoms with Crippen molar-refractivity contribution in [1.29, 1.82) is 0 Å². The molecule has 5 heteroatoms. The fourth-order valence-corrected chi connectivity index (χ4v) is 2.10. The highest BCUT2D eigenvalue weighted by Crippen LogP contribution is 2.20. The van der Waals surface area contributed by atoms with Crippen LogP contribution >= 0.6 is 0 Å². The third-order valence-corrected chi connectivity index (χ3v) is 3.34. The molecule has 0 radical (unpaired) electrons. The molecule has 0 aliphatic carbocycles. The molecule has 0 aliphatic heterocycles. The average Bonchev–Trinajstić information content (AvgIpc) is 2.94. The second-order valence-electron chi connectivity index (χ2n) is 6.45. The molecule has 0 atom stereocenters. The van der Waals surface area contributed by atoms with E-state index in [-0.39, 0.29) is 5.41 Å². The number of hydrogen-bond acceptors (Lipinski definition) is 5. The van der Waals surface area contributed by atoms with Crippen molar-refractivity contribution < 1.29 is 9.26 Å². The quantitative estimate of drug-likeness (QED) is 0.787. The van der Waals surface area contributed by atoms with E-state index in [9.17, 15) is 0 Å². The first kappa shape index (κ1) is 16.6. The Morgan fingerprint density at radius 3 is 2.45 bits per heavy atom. The van der Waals surface area contributed by atoms with Gasteiger partial charge in [0.15, 0.2) is 5.82 Å². The molecule has 5 nitrogen and oxygen atoms in total. The molecule has 1 heterocycles. The Labute approximate surface area is 132 Å². The van der Waals surface area contributed by atoms with Crippen molar-refractivity contribution in [3.8, 4) is 0 Å². The molecule has 120 valence electrons. The SMILES string of the molecule is COCCN(Cc1ccccc1)Cc1noc(C(C)(C)C)n1. The summed E-state index contributed by atoms with van der Waals surface area (Å²) in [5.41, 5.74) is 1.14. The summed E-state index contributed by atoms with van der Waals surface area (Å²) < 4.78 is 10.6. The highest BCUT2D eigenvalue weighted by atomic mass is 16.5. The summed E-state index contributed by atoms with van der Waals surface area (Å²) >= 11 is 0. The average molecular weight is 303 g/mol. The van der Waals surface area contributed by atoms with Gasteiger partial charge in [0.25, 0.3) is 0 Å². The summed E-state index contributed by atoms with van der Waals surface area (Å²) in [5.74, 6) is 1.39. The van der Waals surface area contributed by atoms with Crippen LogP contribution in [0.5, 0.6) is 0 Å². The Morgan fingerprint density at radius 2 is 1.86 bits per heavy atom. The highest BCUT2D eigenvalue weighted by molar-refractivity contribution is 5.14. The van der Waals surface area contributed by atoms with Gasteiger partial charge in [0.1, 0.15) is 0 Å². The second kappa shape index (κ2) is 7.51. The third kappa shape index (κ3) is 4.93. The van der Waals surface area contributed by atoms with Crippen molar-refractivity contribution in [2.75, 3.05) is 20.3 Å². The summed E-state index contributed by atoms with van der Waals surface area (Å²) in [4.78, 5) is 6.77. The van der Waals surface area contributed by atoms with Crippen molar-refractivity contribution in [3.05, 3.63) is 47.6 Å². The first-order chi connectivity index (χ1) is 10.5. The predicted molar refractivity (Wildman–Crippen MR) is 85.4 cm³/mol. The van der Waals surface area contributed by atoms with Gasteiger partial charge in [0.05, 0.1) is 13.2 Å². The normalized spacial score (nSPS) is 12.0. The van der Waals surface area contributed by atoms with Gasteiger partial charge in [-0.25, -0.2) is 0 Å². The van der Waals surface area contributed by atoms with Crippen LogP contribution in [0, 0.1) is 0 Å². The lowest BCUT2D eigenvalue weighted by molar-refractivity contribution is 0.137. The van der Waals surface area contributed by atoms with Crippen LogP contribution in [0.1, 0.15) is 38.0 Å². The van der Waals surface area contributed by atoms with Gasteiger partial charge in [-0.2, -0.15) is 4.98 Å². The van der Waals surface area contributed by atoms with Crippen LogP contribution in [0.15, 0.2) is 34.9 Å². The van der Waals surface area contributed by atoms with Crippen molar-refractivity contribution in [1.82, 2.24) is 15.0 Å². The minimum absolute atomic E-state index is 0.123. The number of ether oxygens (including phenoxy) is 1. The molecule has 1 aromatic heterocycles. The molecule has 0 spiro atoms. The largest absolute Gasteiger partial charge is 0.383 e. The lowest BCUT2D eigenvalue weighted by Crippen LogP contribution is -2.27. The molecule has 1 aromatic carbocycles. The number of methoxy groups -OCH3 is 1. The van der Waals surface area contributed by atoms with Crippen LogP contribution in [0.4, 0.5) is 0 Å². The summed E-state index contributed by atoms with van der Waals surface area (Å²) in [6.45, 7) is 9.19. The molecular weight excluding hydrogens is 278 g/mol. The van der Waals surface area contributed by atoms with E-state index in [0.717, 1.165) is 18.9 Å². The molecule has 0 bridgehead atoms. The first-order valence-corrected chi connectivity index (χ1v) is 7.57. The lowest BCUT2D eigenvalue weighted by Gasteiger charge is -2.20. The Bertz CT molecular complexity index is 561. The van der Waals surface area contributed by atoms with Gasteiger partial charge in [-0.1, -0.05) is 56.3 Å². The van der Waals surface area contributed by atoms with Crippen molar-refractivity contribution >= 4 is 0 Å². The molecule has 0 saturated carbocycles. The second-order valence-corrected chi connectivity index (χ2v) is 6.45.